The predicted molar refractivity (Wildman–Crippen MR) is 103 cm³/mol. The number of para-hydroxylation sites is 1. The van der Waals surface area contributed by atoms with E-state index in [0.717, 1.165) is 5.39 Å². The van der Waals surface area contributed by atoms with Crippen LogP contribution in [0.15, 0.2) is 46.9 Å². The molecule has 0 saturated carbocycles. The molecule has 3 aromatic rings. The van der Waals surface area contributed by atoms with Crippen LogP contribution in [-0.4, -0.2) is 30.3 Å². The lowest BCUT2D eigenvalue weighted by Crippen LogP contribution is -2.35. The second kappa shape index (κ2) is 7.40. The molecule has 0 unspecified atom stereocenters. The largest absolute Gasteiger partial charge is 0.451 e. The molecule has 134 valence electrons. The fourth-order valence-corrected chi connectivity index (χ4v) is 2.97. The van der Waals surface area contributed by atoms with Gasteiger partial charge < -0.3 is 14.6 Å². The maximum Gasteiger partial charge on any atom is 0.290 e. The number of fused-ring (bicyclic) bond motifs is 1. The maximum atomic E-state index is 12.7. The van der Waals surface area contributed by atoms with Gasteiger partial charge in [0.2, 0.25) is 5.91 Å². The molecule has 0 radical (unpaired) electrons. The molecule has 1 heterocycles. The van der Waals surface area contributed by atoms with E-state index in [1.165, 1.54) is 11.9 Å². The number of furan rings is 1. The fraction of sp³-hybridized carbons (Fsp3) is 0.158. The third-order valence-corrected chi connectivity index (χ3v) is 4.53. The van der Waals surface area contributed by atoms with Crippen molar-refractivity contribution in [2.75, 3.05) is 18.9 Å². The van der Waals surface area contributed by atoms with Crippen molar-refractivity contribution in [2.45, 2.75) is 6.92 Å². The lowest BCUT2D eigenvalue weighted by molar-refractivity contribution is -0.116. The molecule has 3 rings (SSSR count). The van der Waals surface area contributed by atoms with Crippen LogP contribution in [0.25, 0.3) is 11.0 Å². The average molecular weight is 391 g/mol. The molecule has 0 aliphatic rings. The molecule has 2 aromatic carbocycles. The van der Waals surface area contributed by atoms with Gasteiger partial charge in [-0.25, -0.2) is 0 Å². The normalized spacial score (nSPS) is 10.8. The van der Waals surface area contributed by atoms with Crippen molar-refractivity contribution in [1.82, 2.24) is 4.90 Å². The highest BCUT2D eigenvalue weighted by molar-refractivity contribution is 6.33. The summed E-state index contributed by atoms with van der Waals surface area (Å²) in [5.74, 6) is -0.551. The average Bonchev–Trinajstić information content (AvgIpc) is 2.92. The second-order valence-electron chi connectivity index (χ2n) is 5.89. The number of hydrogen-bond donors (Lipinski definition) is 1. The van der Waals surface area contributed by atoms with E-state index in [2.05, 4.69) is 5.32 Å². The predicted octanol–water partition coefficient (Wildman–Crippen LogP) is 4.76. The standard InChI is InChI=1S/C19H16Cl2N2O3/c1-11-13-9-12(20)7-8-16(13)26-18(11)19(25)23(2)10-17(24)22-15-6-4-3-5-14(15)21/h3-9H,10H2,1-2H3,(H,22,24). The summed E-state index contributed by atoms with van der Waals surface area (Å²) < 4.78 is 5.65. The van der Waals surface area contributed by atoms with E-state index in [0.29, 0.717) is 26.9 Å². The molecular formula is C19H16Cl2N2O3. The summed E-state index contributed by atoms with van der Waals surface area (Å²) in [6.45, 7) is 1.65. The third-order valence-electron chi connectivity index (χ3n) is 3.97. The number of aryl methyl sites for hydroxylation is 1. The summed E-state index contributed by atoms with van der Waals surface area (Å²) in [6.07, 6.45) is 0. The number of nitrogens with one attached hydrogen (secondary N) is 1. The van der Waals surface area contributed by atoms with Crippen LogP contribution in [0, 0.1) is 6.92 Å². The SMILES string of the molecule is Cc1c(C(=O)N(C)CC(=O)Nc2ccccc2Cl)oc2ccc(Cl)cc12. The topological polar surface area (TPSA) is 62.6 Å². The van der Waals surface area contributed by atoms with Crippen LogP contribution in [0.2, 0.25) is 10.0 Å². The van der Waals surface area contributed by atoms with Gasteiger partial charge in [0.1, 0.15) is 5.58 Å². The highest BCUT2D eigenvalue weighted by Gasteiger charge is 2.22. The van der Waals surface area contributed by atoms with Crippen LogP contribution >= 0.6 is 23.2 Å². The van der Waals surface area contributed by atoms with Crippen LogP contribution < -0.4 is 5.32 Å². The number of likely N-dealkylation sites (N-methyl/N-ethyl adjacent to an activating group) is 1. The summed E-state index contributed by atoms with van der Waals surface area (Å²) in [4.78, 5) is 26.2. The zero-order valence-electron chi connectivity index (χ0n) is 14.2. The van der Waals surface area contributed by atoms with Crippen molar-refractivity contribution in [3.05, 3.63) is 63.8 Å². The van der Waals surface area contributed by atoms with Crippen molar-refractivity contribution in [1.29, 1.82) is 0 Å². The van der Waals surface area contributed by atoms with Gasteiger partial charge in [-0.15, -0.1) is 0 Å². The Hall–Kier alpha value is -2.50. The molecule has 0 fully saturated rings. The molecule has 2 amide bonds. The van der Waals surface area contributed by atoms with Gasteiger partial charge in [-0.05, 0) is 37.3 Å². The first-order valence-electron chi connectivity index (χ1n) is 7.85. The number of carbonyl (C=O) groups is 2. The zero-order valence-corrected chi connectivity index (χ0v) is 15.7. The Balaban J connectivity index is 1.75. The number of rotatable bonds is 4. The third kappa shape index (κ3) is 3.69. The Labute approximate surface area is 160 Å². The minimum absolute atomic E-state index is 0.138. The molecule has 5 nitrogen and oxygen atoms in total. The van der Waals surface area contributed by atoms with Gasteiger partial charge in [0.15, 0.2) is 5.76 Å². The van der Waals surface area contributed by atoms with Crippen molar-refractivity contribution in [3.63, 3.8) is 0 Å². The monoisotopic (exact) mass is 390 g/mol. The van der Waals surface area contributed by atoms with Crippen LogP contribution in [-0.2, 0) is 4.79 Å². The smallest absolute Gasteiger partial charge is 0.290 e. The molecule has 0 spiro atoms. The van der Waals surface area contributed by atoms with E-state index in [1.807, 2.05) is 0 Å². The molecule has 1 aromatic heterocycles. The van der Waals surface area contributed by atoms with Crippen LogP contribution in [0.1, 0.15) is 16.1 Å². The first kappa shape index (κ1) is 18.3. The van der Waals surface area contributed by atoms with Gasteiger partial charge >= 0.3 is 0 Å². The number of benzene rings is 2. The van der Waals surface area contributed by atoms with E-state index >= 15 is 0 Å². The highest BCUT2D eigenvalue weighted by atomic mass is 35.5. The molecule has 0 aliphatic heterocycles. The van der Waals surface area contributed by atoms with Crippen molar-refractivity contribution in [3.8, 4) is 0 Å². The number of hydrogen-bond acceptors (Lipinski definition) is 3. The maximum absolute atomic E-state index is 12.7. The fourth-order valence-electron chi connectivity index (χ4n) is 2.61. The van der Waals surface area contributed by atoms with E-state index < -0.39 is 0 Å². The molecule has 1 N–H and O–H groups in total. The van der Waals surface area contributed by atoms with E-state index in [9.17, 15) is 9.59 Å². The molecule has 7 heteroatoms. The van der Waals surface area contributed by atoms with Crippen molar-refractivity contribution >= 4 is 51.7 Å². The summed E-state index contributed by atoms with van der Waals surface area (Å²) in [7, 11) is 1.54. The molecule has 0 aliphatic carbocycles. The second-order valence-corrected chi connectivity index (χ2v) is 6.73. The Morgan fingerprint density at radius 2 is 1.88 bits per heavy atom. The number of nitrogens with zero attached hydrogens (tertiary/aromatic N) is 1. The summed E-state index contributed by atoms with van der Waals surface area (Å²) in [5, 5.41) is 4.45. The number of halogens is 2. The van der Waals surface area contributed by atoms with E-state index in [1.54, 1.807) is 49.4 Å². The van der Waals surface area contributed by atoms with Gasteiger partial charge in [0.25, 0.3) is 5.91 Å². The summed E-state index contributed by atoms with van der Waals surface area (Å²) >= 11 is 12.0. The van der Waals surface area contributed by atoms with Gasteiger partial charge in [0.05, 0.1) is 17.3 Å². The Morgan fingerprint density at radius 1 is 1.15 bits per heavy atom. The van der Waals surface area contributed by atoms with Gasteiger partial charge in [-0.2, -0.15) is 0 Å². The Bertz CT molecular complexity index is 998. The highest BCUT2D eigenvalue weighted by Crippen LogP contribution is 2.28. The van der Waals surface area contributed by atoms with Crippen LogP contribution in [0.3, 0.4) is 0 Å². The Kier molecular flexibility index (Phi) is 5.20. The minimum Gasteiger partial charge on any atom is -0.451 e. The van der Waals surface area contributed by atoms with Crippen LogP contribution in [0.4, 0.5) is 5.69 Å². The molecular weight excluding hydrogens is 375 g/mol. The van der Waals surface area contributed by atoms with Crippen molar-refractivity contribution in [2.24, 2.45) is 0 Å². The molecule has 0 saturated heterocycles. The van der Waals surface area contributed by atoms with E-state index in [-0.39, 0.29) is 24.1 Å². The van der Waals surface area contributed by atoms with Gasteiger partial charge in [0, 0.05) is 23.0 Å². The molecule has 0 bridgehead atoms. The number of amides is 2. The molecule has 0 atom stereocenters. The van der Waals surface area contributed by atoms with Crippen molar-refractivity contribution < 1.29 is 14.0 Å². The first-order valence-corrected chi connectivity index (χ1v) is 8.61. The quantitative estimate of drug-likeness (QED) is 0.698. The minimum atomic E-state index is -0.385. The summed E-state index contributed by atoms with van der Waals surface area (Å²) in [6, 6.07) is 12.1. The van der Waals surface area contributed by atoms with E-state index in [4.69, 9.17) is 27.6 Å². The lowest BCUT2D eigenvalue weighted by atomic mass is 10.1. The number of carbonyl (C=O) groups excluding carboxylic acids is 2. The summed E-state index contributed by atoms with van der Waals surface area (Å²) in [5.41, 5.74) is 1.75. The Morgan fingerprint density at radius 3 is 2.62 bits per heavy atom. The van der Waals surface area contributed by atoms with Gasteiger partial charge in [-0.1, -0.05) is 35.3 Å². The lowest BCUT2D eigenvalue weighted by Gasteiger charge is -2.16. The zero-order chi connectivity index (χ0) is 18.8. The van der Waals surface area contributed by atoms with Gasteiger partial charge in [-0.3, -0.25) is 9.59 Å². The molecule has 26 heavy (non-hydrogen) atoms. The van der Waals surface area contributed by atoms with Crippen LogP contribution in [0.5, 0.6) is 0 Å². The number of anilines is 1. The first-order chi connectivity index (χ1) is 12.4.